The largest absolute Gasteiger partial charge is 0.381 e. The first-order valence-corrected chi connectivity index (χ1v) is 10.4. The quantitative estimate of drug-likeness (QED) is 0.793. The molecule has 0 unspecified atom stereocenters. The average molecular weight is 388 g/mol. The predicted octanol–water partition coefficient (Wildman–Crippen LogP) is 2.07. The number of ether oxygens (including phenoxy) is 1. The van der Waals surface area contributed by atoms with Gasteiger partial charge in [-0.25, -0.2) is 13.1 Å². The summed E-state index contributed by atoms with van der Waals surface area (Å²) >= 11 is 0. The Bertz CT molecular complexity index is 891. The lowest BCUT2D eigenvalue weighted by molar-refractivity contribution is 0.0487. The number of hydrogen-bond acceptors (Lipinski definition) is 4. The van der Waals surface area contributed by atoms with Gasteiger partial charge in [0.25, 0.3) is 5.91 Å². The maximum absolute atomic E-state index is 12.7. The summed E-state index contributed by atoms with van der Waals surface area (Å²) in [7, 11) is -2.25. The van der Waals surface area contributed by atoms with Gasteiger partial charge in [-0.3, -0.25) is 4.79 Å². The van der Waals surface area contributed by atoms with E-state index in [1.54, 1.807) is 12.1 Å². The third kappa shape index (κ3) is 4.37. The van der Waals surface area contributed by atoms with Gasteiger partial charge in [0.05, 0.1) is 4.90 Å². The first kappa shape index (κ1) is 19.5. The molecule has 6 nitrogen and oxygen atoms in total. The Kier molecular flexibility index (Phi) is 5.94. The lowest BCUT2D eigenvalue weighted by Gasteiger charge is -2.38. The normalized spacial score (nSPS) is 16.6. The molecule has 27 heavy (non-hydrogen) atoms. The molecule has 0 aromatic heterocycles. The van der Waals surface area contributed by atoms with Gasteiger partial charge < -0.3 is 10.1 Å². The van der Waals surface area contributed by atoms with Crippen molar-refractivity contribution in [2.75, 3.05) is 26.8 Å². The molecular weight excluding hydrogens is 364 g/mol. The second-order valence-electron chi connectivity index (χ2n) is 6.68. The van der Waals surface area contributed by atoms with Gasteiger partial charge in [-0.05, 0) is 43.7 Å². The maximum Gasteiger partial charge on any atom is 0.251 e. The lowest BCUT2D eigenvalue weighted by Crippen LogP contribution is -2.44. The molecule has 1 fully saturated rings. The van der Waals surface area contributed by atoms with E-state index in [9.17, 15) is 13.2 Å². The van der Waals surface area contributed by atoms with Crippen molar-refractivity contribution in [1.82, 2.24) is 10.0 Å². The van der Waals surface area contributed by atoms with E-state index in [4.69, 9.17) is 4.74 Å². The fraction of sp³-hybridized carbons (Fsp3) is 0.350. The number of nitrogens with one attached hydrogen (secondary N) is 2. The highest BCUT2D eigenvalue weighted by atomic mass is 32.2. The molecule has 2 aromatic rings. The zero-order valence-corrected chi connectivity index (χ0v) is 16.1. The van der Waals surface area contributed by atoms with E-state index in [-0.39, 0.29) is 16.2 Å². The summed E-state index contributed by atoms with van der Waals surface area (Å²) in [5, 5.41) is 2.99. The fourth-order valence-electron chi connectivity index (χ4n) is 3.40. The van der Waals surface area contributed by atoms with Crippen molar-refractivity contribution in [3.63, 3.8) is 0 Å². The summed E-state index contributed by atoms with van der Waals surface area (Å²) in [6.45, 7) is 1.78. The van der Waals surface area contributed by atoms with Gasteiger partial charge in [-0.15, -0.1) is 0 Å². The van der Waals surface area contributed by atoms with Crippen LogP contribution in [0, 0.1) is 0 Å². The van der Waals surface area contributed by atoms with Crippen LogP contribution in [0.4, 0.5) is 0 Å². The molecule has 7 heteroatoms. The smallest absolute Gasteiger partial charge is 0.251 e. The van der Waals surface area contributed by atoms with Crippen LogP contribution in [-0.2, 0) is 20.2 Å². The van der Waals surface area contributed by atoms with E-state index in [0.29, 0.717) is 25.3 Å². The number of benzene rings is 2. The van der Waals surface area contributed by atoms with Crippen LogP contribution >= 0.6 is 0 Å². The number of hydrogen-bond donors (Lipinski definition) is 2. The summed E-state index contributed by atoms with van der Waals surface area (Å²) in [6.07, 6.45) is 1.65. The average Bonchev–Trinajstić information content (AvgIpc) is 2.73. The van der Waals surface area contributed by atoms with E-state index in [0.717, 1.165) is 12.8 Å². The van der Waals surface area contributed by atoms with Gasteiger partial charge in [0.15, 0.2) is 0 Å². The number of carbonyl (C=O) groups is 1. The number of carbonyl (C=O) groups excluding carboxylic acids is 1. The highest BCUT2D eigenvalue weighted by Crippen LogP contribution is 2.34. The molecule has 1 saturated heterocycles. The zero-order chi connectivity index (χ0) is 19.3. The zero-order valence-electron chi connectivity index (χ0n) is 15.3. The van der Waals surface area contributed by atoms with Crippen LogP contribution in [0.5, 0.6) is 0 Å². The number of amides is 1. The first-order valence-electron chi connectivity index (χ1n) is 8.92. The second kappa shape index (κ2) is 8.21. The highest BCUT2D eigenvalue weighted by Gasteiger charge is 2.34. The molecule has 1 amide bonds. The molecule has 3 rings (SSSR count). The molecule has 0 atom stereocenters. The Hall–Kier alpha value is -2.22. The van der Waals surface area contributed by atoms with Crippen molar-refractivity contribution >= 4 is 15.9 Å². The first-order chi connectivity index (χ1) is 13.0. The molecule has 0 bridgehead atoms. The van der Waals surface area contributed by atoms with Crippen molar-refractivity contribution in [2.45, 2.75) is 23.2 Å². The summed E-state index contributed by atoms with van der Waals surface area (Å²) in [4.78, 5) is 12.7. The van der Waals surface area contributed by atoms with Crippen LogP contribution in [0.1, 0.15) is 28.8 Å². The third-order valence-electron chi connectivity index (χ3n) is 5.10. The van der Waals surface area contributed by atoms with E-state index in [1.807, 2.05) is 18.2 Å². The van der Waals surface area contributed by atoms with Crippen molar-refractivity contribution in [1.29, 1.82) is 0 Å². The van der Waals surface area contributed by atoms with Gasteiger partial charge in [0, 0.05) is 30.7 Å². The van der Waals surface area contributed by atoms with Gasteiger partial charge in [0.2, 0.25) is 10.0 Å². The van der Waals surface area contributed by atoms with Crippen LogP contribution < -0.4 is 10.0 Å². The molecule has 1 aliphatic rings. The maximum atomic E-state index is 12.7. The number of rotatable bonds is 6. The SMILES string of the molecule is CNS(=O)(=O)c1cccc(C(=O)NCC2(c3ccccc3)CCOCC2)c1. The Balaban J connectivity index is 1.78. The third-order valence-corrected chi connectivity index (χ3v) is 6.51. The Morgan fingerprint density at radius 2 is 1.78 bits per heavy atom. The summed E-state index contributed by atoms with van der Waals surface area (Å²) in [5.74, 6) is -0.287. The summed E-state index contributed by atoms with van der Waals surface area (Å²) < 4.78 is 31.7. The molecule has 2 N–H and O–H groups in total. The van der Waals surface area contributed by atoms with Crippen LogP contribution in [-0.4, -0.2) is 41.1 Å². The molecule has 0 spiro atoms. The molecule has 0 radical (unpaired) electrons. The Morgan fingerprint density at radius 3 is 2.44 bits per heavy atom. The van der Waals surface area contributed by atoms with Crippen molar-refractivity contribution in [2.24, 2.45) is 0 Å². The molecule has 2 aromatic carbocycles. The molecule has 0 aliphatic carbocycles. The summed E-state index contributed by atoms with van der Waals surface area (Å²) in [6, 6.07) is 16.2. The minimum absolute atomic E-state index is 0.0708. The minimum atomic E-state index is -3.59. The minimum Gasteiger partial charge on any atom is -0.381 e. The summed E-state index contributed by atoms with van der Waals surface area (Å²) in [5.41, 5.74) is 1.32. The van der Waals surface area contributed by atoms with E-state index in [2.05, 4.69) is 22.2 Å². The molecule has 0 saturated carbocycles. The van der Waals surface area contributed by atoms with Gasteiger partial charge in [-0.1, -0.05) is 36.4 Å². The van der Waals surface area contributed by atoms with Crippen LogP contribution in [0.25, 0.3) is 0 Å². The second-order valence-corrected chi connectivity index (χ2v) is 8.56. The van der Waals surface area contributed by atoms with Crippen LogP contribution in [0.15, 0.2) is 59.5 Å². The van der Waals surface area contributed by atoms with E-state index >= 15 is 0 Å². The molecule has 144 valence electrons. The van der Waals surface area contributed by atoms with Crippen LogP contribution in [0.3, 0.4) is 0 Å². The standard InChI is InChI=1S/C20H24N2O4S/c1-21-27(24,25)18-9-5-6-16(14-18)19(23)22-15-20(10-12-26-13-11-20)17-7-3-2-4-8-17/h2-9,14,21H,10-13,15H2,1H3,(H,22,23). The fourth-order valence-corrected chi connectivity index (χ4v) is 4.17. The van der Waals surface area contributed by atoms with Gasteiger partial charge >= 0.3 is 0 Å². The van der Waals surface area contributed by atoms with E-state index in [1.165, 1.54) is 24.7 Å². The predicted molar refractivity (Wildman–Crippen MR) is 103 cm³/mol. The van der Waals surface area contributed by atoms with Gasteiger partial charge in [0.1, 0.15) is 0 Å². The van der Waals surface area contributed by atoms with Crippen molar-refractivity contribution < 1.29 is 17.9 Å². The van der Waals surface area contributed by atoms with Gasteiger partial charge in [-0.2, -0.15) is 0 Å². The number of sulfonamides is 1. The molecule has 1 heterocycles. The van der Waals surface area contributed by atoms with E-state index < -0.39 is 10.0 Å². The van der Waals surface area contributed by atoms with Crippen molar-refractivity contribution in [3.05, 3.63) is 65.7 Å². The topological polar surface area (TPSA) is 84.5 Å². The molecule has 1 aliphatic heterocycles. The Morgan fingerprint density at radius 1 is 1.07 bits per heavy atom. The molecular formula is C20H24N2O4S. The monoisotopic (exact) mass is 388 g/mol. The lowest BCUT2D eigenvalue weighted by atomic mass is 9.74. The highest BCUT2D eigenvalue weighted by molar-refractivity contribution is 7.89. The Labute approximate surface area is 160 Å². The van der Waals surface area contributed by atoms with Crippen LogP contribution in [0.2, 0.25) is 0 Å². The van der Waals surface area contributed by atoms with Crippen molar-refractivity contribution in [3.8, 4) is 0 Å².